The summed E-state index contributed by atoms with van der Waals surface area (Å²) in [7, 11) is 4.59. The van der Waals surface area contributed by atoms with E-state index in [-0.39, 0.29) is 18.0 Å². The van der Waals surface area contributed by atoms with Gasteiger partial charge in [-0.25, -0.2) is 4.79 Å². The van der Waals surface area contributed by atoms with Gasteiger partial charge in [-0.3, -0.25) is 18.7 Å². The Hall–Kier alpha value is -2.83. The van der Waals surface area contributed by atoms with Crippen molar-refractivity contribution in [1.29, 1.82) is 0 Å². The molecule has 7 nitrogen and oxygen atoms in total. The minimum absolute atomic E-state index is 0.140. The Morgan fingerprint density at radius 2 is 1.79 bits per heavy atom. The van der Waals surface area contributed by atoms with Crippen LogP contribution in [0, 0.1) is 0 Å². The molecular formula is C17H21N3O4. The van der Waals surface area contributed by atoms with Crippen LogP contribution in [0.2, 0.25) is 0 Å². The molecule has 1 aromatic carbocycles. The van der Waals surface area contributed by atoms with E-state index in [1.54, 1.807) is 14.2 Å². The first-order valence-corrected chi connectivity index (χ1v) is 7.58. The van der Waals surface area contributed by atoms with Gasteiger partial charge in [-0.2, -0.15) is 0 Å². The van der Waals surface area contributed by atoms with Crippen molar-refractivity contribution in [2.24, 2.45) is 14.1 Å². The summed E-state index contributed by atoms with van der Waals surface area (Å²) in [5.74, 6) is 0.633. The second-order valence-electron chi connectivity index (χ2n) is 5.50. The molecule has 2 aromatic rings. The highest BCUT2D eigenvalue weighted by Gasteiger charge is 2.08. The van der Waals surface area contributed by atoms with E-state index in [0.717, 1.165) is 15.9 Å². The lowest BCUT2D eigenvalue weighted by atomic mass is 10.1. The predicted octanol–water partition coefficient (Wildman–Crippen LogP) is 0.342. The number of hydrogen-bond donors (Lipinski definition) is 1. The molecule has 0 bridgehead atoms. The molecule has 0 aliphatic carbocycles. The lowest BCUT2D eigenvalue weighted by Crippen LogP contribution is -2.39. The van der Waals surface area contributed by atoms with Gasteiger partial charge in [0.15, 0.2) is 0 Å². The largest absolute Gasteiger partial charge is 0.497 e. The molecule has 128 valence electrons. The van der Waals surface area contributed by atoms with E-state index in [0.29, 0.717) is 18.5 Å². The second kappa shape index (κ2) is 7.63. The van der Waals surface area contributed by atoms with Gasteiger partial charge in [0, 0.05) is 32.3 Å². The Bertz CT molecular complexity index is 834. The zero-order valence-electron chi connectivity index (χ0n) is 14.0. The van der Waals surface area contributed by atoms with Crippen LogP contribution in [-0.4, -0.2) is 22.2 Å². The number of ether oxygens (including phenoxy) is 1. The molecule has 0 saturated carbocycles. The van der Waals surface area contributed by atoms with E-state index < -0.39 is 5.69 Å². The number of amides is 1. The van der Waals surface area contributed by atoms with E-state index in [4.69, 9.17) is 4.74 Å². The number of carbonyl (C=O) groups is 1. The van der Waals surface area contributed by atoms with E-state index in [1.807, 2.05) is 24.3 Å². The molecular weight excluding hydrogens is 310 g/mol. The van der Waals surface area contributed by atoms with E-state index in [9.17, 15) is 14.4 Å². The summed E-state index contributed by atoms with van der Waals surface area (Å²) >= 11 is 0. The number of nitrogens with zero attached hydrogens (tertiary/aromatic N) is 2. The van der Waals surface area contributed by atoms with Crippen molar-refractivity contribution in [2.75, 3.05) is 7.11 Å². The van der Waals surface area contributed by atoms with Gasteiger partial charge in [-0.1, -0.05) is 12.1 Å². The van der Waals surface area contributed by atoms with Gasteiger partial charge in [0.1, 0.15) is 5.75 Å². The maximum atomic E-state index is 12.0. The standard InChI is InChI=1S/C17H21N3O4/c1-19-13(10-16(22)20(2)17(19)23)11-18-15(21)9-6-12-4-7-14(24-3)8-5-12/h4-5,7-8,10H,6,9,11H2,1-3H3,(H,18,21). The Balaban J connectivity index is 1.91. The number of aryl methyl sites for hydroxylation is 1. The van der Waals surface area contributed by atoms with Gasteiger partial charge < -0.3 is 10.1 Å². The van der Waals surface area contributed by atoms with Crippen molar-refractivity contribution < 1.29 is 9.53 Å². The Kier molecular flexibility index (Phi) is 5.57. The third-order valence-corrected chi connectivity index (χ3v) is 3.89. The fourth-order valence-electron chi connectivity index (χ4n) is 2.28. The van der Waals surface area contributed by atoms with Crippen LogP contribution < -0.4 is 21.3 Å². The fourth-order valence-corrected chi connectivity index (χ4v) is 2.28. The van der Waals surface area contributed by atoms with Crippen LogP contribution in [0.4, 0.5) is 0 Å². The van der Waals surface area contributed by atoms with Crippen LogP contribution in [-0.2, 0) is 31.9 Å². The fraction of sp³-hybridized carbons (Fsp3) is 0.353. The molecule has 0 aliphatic rings. The maximum Gasteiger partial charge on any atom is 0.330 e. The molecule has 0 atom stereocenters. The lowest BCUT2D eigenvalue weighted by Gasteiger charge is -2.10. The minimum Gasteiger partial charge on any atom is -0.497 e. The molecule has 1 heterocycles. The van der Waals surface area contributed by atoms with Gasteiger partial charge in [-0.15, -0.1) is 0 Å². The van der Waals surface area contributed by atoms with Gasteiger partial charge in [0.2, 0.25) is 5.91 Å². The van der Waals surface area contributed by atoms with Gasteiger partial charge in [-0.05, 0) is 24.1 Å². The van der Waals surface area contributed by atoms with Crippen LogP contribution in [0.25, 0.3) is 0 Å². The number of carbonyl (C=O) groups excluding carboxylic acids is 1. The summed E-state index contributed by atoms with van der Waals surface area (Å²) in [5, 5.41) is 2.73. The van der Waals surface area contributed by atoms with Gasteiger partial charge in [0.25, 0.3) is 5.56 Å². The van der Waals surface area contributed by atoms with Crippen LogP contribution >= 0.6 is 0 Å². The molecule has 1 N–H and O–H groups in total. The van der Waals surface area contributed by atoms with Gasteiger partial charge in [0.05, 0.1) is 13.7 Å². The average molecular weight is 331 g/mol. The number of benzene rings is 1. The third kappa shape index (κ3) is 4.13. The van der Waals surface area contributed by atoms with Crippen molar-refractivity contribution in [3.63, 3.8) is 0 Å². The first-order chi connectivity index (χ1) is 11.4. The molecule has 0 radical (unpaired) electrons. The second-order valence-corrected chi connectivity index (χ2v) is 5.50. The molecule has 0 fully saturated rings. The molecule has 7 heteroatoms. The molecule has 1 aromatic heterocycles. The molecule has 2 rings (SSSR count). The van der Waals surface area contributed by atoms with Crippen molar-refractivity contribution in [2.45, 2.75) is 19.4 Å². The quantitative estimate of drug-likeness (QED) is 0.828. The highest BCUT2D eigenvalue weighted by Crippen LogP contribution is 2.12. The lowest BCUT2D eigenvalue weighted by molar-refractivity contribution is -0.121. The first kappa shape index (κ1) is 17.5. The molecule has 0 spiro atoms. The average Bonchev–Trinajstić information content (AvgIpc) is 2.60. The number of rotatable bonds is 6. The van der Waals surface area contributed by atoms with Crippen molar-refractivity contribution in [3.8, 4) is 5.75 Å². The monoisotopic (exact) mass is 331 g/mol. The molecule has 0 aliphatic heterocycles. The Morgan fingerprint density at radius 1 is 1.12 bits per heavy atom. The summed E-state index contributed by atoms with van der Waals surface area (Å²) < 4.78 is 7.46. The first-order valence-electron chi connectivity index (χ1n) is 7.58. The number of hydrogen-bond acceptors (Lipinski definition) is 4. The Morgan fingerprint density at radius 3 is 2.42 bits per heavy atom. The van der Waals surface area contributed by atoms with Crippen molar-refractivity contribution in [3.05, 3.63) is 62.4 Å². The third-order valence-electron chi connectivity index (χ3n) is 3.89. The minimum atomic E-state index is -0.412. The summed E-state index contributed by atoms with van der Waals surface area (Å²) in [5.41, 5.74) is 0.707. The van der Waals surface area contributed by atoms with E-state index in [2.05, 4.69) is 5.32 Å². The SMILES string of the molecule is COc1ccc(CCC(=O)NCc2cc(=O)n(C)c(=O)n2C)cc1. The van der Waals surface area contributed by atoms with E-state index in [1.165, 1.54) is 17.7 Å². The smallest absolute Gasteiger partial charge is 0.330 e. The zero-order valence-corrected chi connectivity index (χ0v) is 14.0. The molecule has 0 unspecified atom stereocenters. The van der Waals surface area contributed by atoms with Gasteiger partial charge >= 0.3 is 5.69 Å². The highest BCUT2D eigenvalue weighted by molar-refractivity contribution is 5.76. The molecule has 0 saturated heterocycles. The molecule has 24 heavy (non-hydrogen) atoms. The van der Waals surface area contributed by atoms with Crippen molar-refractivity contribution >= 4 is 5.91 Å². The van der Waals surface area contributed by atoms with Crippen LogP contribution in [0.1, 0.15) is 17.7 Å². The predicted molar refractivity (Wildman–Crippen MR) is 90.1 cm³/mol. The highest BCUT2D eigenvalue weighted by atomic mass is 16.5. The van der Waals surface area contributed by atoms with Crippen LogP contribution in [0.5, 0.6) is 5.75 Å². The number of aromatic nitrogens is 2. The summed E-state index contributed by atoms with van der Waals surface area (Å²) in [4.78, 5) is 35.4. The van der Waals surface area contributed by atoms with Crippen LogP contribution in [0.15, 0.2) is 39.9 Å². The number of methoxy groups -OCH3 is 1. The Labute approximate surface area is 139 Å². The maximum absolute atomic E-state index is 12.0. The summed E-state index contributed by atoms with van der Waals surface area (Å²) in [6.45, 7) is 0.142. The topological polar surface area (TPSA) is 82.3 Å². The van der Waals surface area contributed by atoms with E-state index >= 15 is 0 Å². The summed E-state index contributed by atoms with van der Waals surface area (Å²) in [6, 6.07) is 8.88. The van der Waals surface area contributed by atoms with Crippen molar-refractivity contribution in [1.82, 2.24) is 14.5 Å². The summed E-state index contributed by atoms with van der Waals surface area (Å²) in [6.07, 6.45) is 0.927. The molecule has 1 amide bonds. The zero-order chi connectivity index (χ0) is 17.7. The van der Waals surface area contributed by atoms with Crippen LogP contribution in [0.3, 0.4) is 0 Å². The number of nitrogens with one attached hydrogen (secondary N) is 1. The normalized spacial score (nSPS) is 10.5.